The Morgan fingerprint density at radius 2 is 1.95 bits per heavy atom. The van der Waals surface area contributed by atoms with Gasteiger partial charge in [-0.2, -0.15) is 0 Å². The fourth-order valence-electron chi connectivity index (χ4n) is 2.65. The van der Waals surface area contributed by atoms with Crippen LogP contribution in [0.15, 0.2) is 35.9 Å². The second kappa shape index (κ2) is 6.71. The highest BCUT2D eigenvalue weighted by Crippen LogP contribution is 2.11. The van der Waals surface area contributed by atoms with E-state index in [9.17, 15) is 4.79 Å². The Labute approximate surface area is 121 Å². The van der Waals surface area contributed by atoms with E-state index in [1.807, 2.05) is 23.1 Å². The van der Waals surface area contributed by atoms with Crippen LogP contribution in [0.4, 0.5) is 0 Å². The zero-order chi connectivity index (χ0) is 14.5. The van der Waals surface area contributed by atoms with E-state index in [1.54, 1.807) is 0 Å². The third-order valence-corrected chi connectivity index (χ3v) is 3.65. The van der Waals surface area contributed by atoms with Crippen LogP contribution in [0, 0.1) is 0 Å². The number of nitrogens with zero attached hydrogens (tertiary/aromatic N) is 2. The second-order valence-corrected chi connectivity index (χ2v) is 5.79. The second-order valence-electron chi connectivity index (χ2n) is 5.79. The summed E-state index contributed by atoms with van der Waals surface area (Å²) >= 11 is 0. The van der Waals surface area contributed by atoms with Gasteiger partial charge < -0.3 is 4.90 Å². The molecule has 0 spiro atoms. The van der Waals surface area contributed by atoms with Gasteiger partial charge in [-0.25, -0.2) is 0 Å². The molecule has 1 amide bonds. The van der Waals surface area contributed by atoms with Crippen LogP contribution >= 0.6 is 0 Å². The van der Waals surface area contributed by atoms with Crippen molar-refractivity contribution in [3.05, 3.63) is 41.5 Å². The Bertz CT molecular complexity index is 479. The average molecular weight is 272 g/mol. The van der Waals surface area contributed by atoms with Crippen LogP contribution in [0.3, 0.4) is 0 Å². The maximum atomic E-state index is 12.1. The average Bonchev–Trinajstić information content (AvgIpc) is 2.39. The predicted octanol–water partition coefficient (Wildman–Crippen LogP) is 2.64. The van der Waals surface area contributed by atoms with E-state index in [-0.39, 0.29) is 5.91 Å². The molecule has 3 heteroatoms. The summed E-state index contributed by atoms with van der Waals surface area (Å²) in [6.07, 6.45) is 2.19. The Morgan fingerprint density at radius 1 is 1.25 bits per heavy atom. The highest BCUT2D eigenvalue weighted by atomic mass is 16.2. The van der Waals surface area contributed by atoms with Gasteiger partial charge in [-0.1, -0.05) is 42.0 Å². The van der Waals surface area contributed by atoms with E-state index in [1.165, 1.54) is 11.1 Å². The van der Waals surface area contributed by atoms with Gasteiger partial charge in [0.15, 0.2) is 0 Å². The van der Waals surface area contributed by atoms with Crippen molar-refractivity contribution in [3.63, 3.8) is 0 Å². The van der Waals surface area contributed by atoms with Gasteiger partial charge >= 0.3 is 0 Å². The van der Waals surface area contributed by atoms with E-state index in [4.69, 9.17) is 0 Å². The first-order valence-corrected chi connectivity index (χ1v) is 7.30. The van der Waals surface area contributed by atoms with Crippen LogP contribution in [0.5, 0.6) is 0 Å². The minimum absolute atomic E-state index is 0.249. The molecule has 1 aliphatic rings. The first-order valence-electron chi connectivity index (χ1n) is 7.30. The number of carbonyl (C=O) groups excluding carboxylic acids is 1. The summed E-state index contributed by atoms with van der Waals surface area (Å²) < 4.78 is 0. The summed E-state index contributed by atoms with van der Waals surface area (Å²) in [7, 11) is 0. The summed E-state index contributed by atoms with van der Waals surface area (Å²) in [5.41, 5.74) is 2.51. The van der Waals surface area contributed by atoms with Gasteiger partial charge in [0.1, 0.15) is 0 Å². The Kier molecular flexibility index (Phi) is 4.96. The van der Waals surface area contributed by atoms with Gasteiger partial charge in [-0.3, -0.25) is 9.69 Å². The zero-order valence-electron chi connectivity index (χ0n) is 12.7. The van der Waals surface area contributed by atoms with Gasteiger partial charge in [0.2, 0.25) is 5.91 Å². The van der Waals surface area contributed by atoms with Crippen LogP contribution < -0.4 is 0 Å². The lowest BCUT2D eigenvalue weighted by Gasteiger charge is -2.36. The smallest absolute Gasteiger partial charge is 0.237 e. The number of amides is 1. The molecule has 0 N–H and O–H groups in total. The monoisotopic (exact) mass is 272 g/mol. The maximum absolute atomic E-state index is 12.1. The van der Waals surface area contributed by atoms with Crippen molar-refractivity contribution in [2.45, 2.75) is 26.8 Å². The molecule has 0 atom stereocenters. The molecule has 0 bridgehead atoms. The number of carbonyl (C=O) groups is 1. The van der Waals surface area contributed by atoms with Crippen LogP contribution in [0.25, 0.3) is 6.08 Å². The molecule has 1 aromatic rings. The molecule has 0 unspecified atom stereocenters. The molecule has 2 rings (SSSR count). The number of rotatable bonds is 4. The van der Waals surface area contributed by atoms with Crippen molar-refractivity contribution >= 4 is 12.0 Å². The van der Waals surface area contributed by atoms with Gasteiger partial charge in [-0.05, 0) is 26.3 Å². The third kappa shape index (κ3) is 3.94. The number of hydrogen-bond acceptors (Lipinski definition) is 2. The fourth-order valence-corrected chi connectivity index (χ4v) is 2.65. The first kappa shape index (κ1) is 14.8. The summed E-state index contributed by atoms with van der Waals surface area (Å²) in [4.78, 5) is 16.2. The number of piperazine rings is 1. The largest absolute Gasteiger partial charge is 0.338 e. The van der Waals surface area contributed by atoms with E-state index < -0.39 is 0 Å². The molecule has 1 saturated heterocycles. The van der Waals surface area contributed by atoms with Crippen molar-refractivity contribution in [2.24, 2.45) is 0 Å². The van der Waals surface area contributed by atoms with E-state index in [0.717, 1.165) is 19.6 Å². The Morgan fingerprint density at radius 3 is 2.55 bits per heavy atom. The minimum Gasteiger partial charge on any atom is -0.338 e. The molecular weight excluding hydrogens is 248 g/mol. The fraction of sp³-hybridized carbons (Fsp3) is 0.471. The first-order chi connectivity index (χ1) is 9.56. The standard InChI is InChI=1S/C17H24N2O/c1-14(2)19-10-9-18(13-17(19)20)12-15(3)11-16-7-5-4-6-8-16/h4-8,11,14H,9-10,12-13H2,1-3H3. The van der Waals surface area contributed by atoms with Crippen LogP contribution in [0.1, 0.15) is 26.3 Å². The highest BCUT2D eigenvalue weighted by Gasteiger charge is 2.25. The summed E-state index contributed by atoms with van der Waals surface area (Å²) in [6, 6.07) is 10.6. The molecule has 0 radical (unpaired) electrons. The molecule has 0 aromatic heterocycles. The van der Waals surface area contributed by atoms with Crippen molar-refractivity contribution < 1.29 is 4.79 Å². The van der Waals surface area contributed by atoms with Crippen LogP contribution in [0.2, 0.25) is 0 Å². The summed E-state index contributed by atoms with van der Waals surface area (Å²) in [5, 5.41) is 0. The predicted molar refractivity (Wildman–Crippen MR) is 83.4 cm³/mol. The molecule has 1 fully saturated rings. The van der Waals surface area contributed by atoms with E-state index in [0.29, 0.717) is 12.6 Å². The van der Waals surface area contributed by atoms with E-state index >= 15 is 0 Å². The van der Waals surface area contributed by atoms with Crippen molar-refractivity contribution in [1.29, 1.82) is 0 Å². The molecule has 0 aliphatic carbocycles. The maximum Gasteiger partial charge on any atom is 0.237 e. The third-order valence-electron chi connectivity index (χ3n) is 3.65. The lowest BCUT2D eigenvalue weighted by atomic mass is 10.1. The molecule has 1 aromatic carbocycles. The Hall–Kier alpha value is -1.61. The van der Waals surface area contributed by atoms with Gasteiger partial charge in [0, 0.05) is 25.7 Å². The van der Waals surface area contributed by atoms with E-state index in [2.05, 4.69) is 43.9 Å². The summed E-state index contributed by atoms with van der Waals surface area (Å²) in [6.45, 7) is 9.50. The van der Waals surface area contributed by atoms with Gasteiger partial charge in [-0.15, -0.1) is 0 Å². The number of hydrogen-bond donors (Lipinski definition) is 0. The zero-order valence-corrected chi connectivity index (χ0v) is 12.7. The SMILES string of the molecule is CC(=Cc1ccccc1)CN1CCN(C(C)C)C(=O)C1. The topological polar surface area (TPSA) is 23.6 Å². The van der Waals surface area contributed by atoms with Crippen molar-refractivity contribution in [2.75, 3.05) is 26.2 Å². The normalized spacial score (nSPS) is 17.9. The molecule has 20 heavy (non-hydrogen) atoms. The molecule has 0 saturated carbocycles. The van der Waals surface area contributed by atoms with Gasteiger partial charge in [0.05, 0.1) is 6.54 Å². The quantitative estimate of drug-likeness (QED) is 0.841. The highest BCUT2D eigenvalue weighted by molar-refractivity contribution is 5.79. The van der Waals surface area contributed by atoms with Crippen LogP contribution in [-0.4, -0.2) is 47.9 Å². The molecular formula is C17H24N2O. The van der Waals surface area contributed by atoms with Crippen molar-refractivity contribution in [1.82, 2.24) is 9.80 Å². The lowest BCUT2D eigenvalue weighted by molar-refractivity contribution is -0.137. The summed E-state index contributed by atoms with van der Waals surface area (Å²) in [5.74, 6) is 0.249. The molecule has 1 heterocycles. The van der Waals surface area contributed by atoms with Crippen molar-refractivity contribution in [3.8, 4) is 0 Å². The Balaban J connectivity index is 1.92. The molecule has 1 aliphatic heterocycles. The lowest BCUT2D eigenvalue weighted by Crippen LogP contribution is -2.52. The van der Waals surface area contributed by atoms with Gasteiger partial charge in [0.25, 0.3) is 0 Å². The molecule has 3 nitrogen and oxygen atoms in total. The number of benzene rings is 1. The van der Waals surface area contributed by atoms with Crippen LogP contribution in [-0.2, 0) is 4.79 Å². The molecule has 108 valence electrons. The minimum atomic E-state index is 0.249.